The van der Waals surface area contributed by atoms with Crippen LogP contribution in [0, 0.1) is 0 Å². The number of fused-ring (bicyclic) bond motifs is 1. The third-order valence-electron chi connectivity index (χ3n) is 2.79. The maximum atomic E-state index is 6.09. The second kappa shape index (κ2) is 5.69. The standard InChI is InChI=1S/C14H19N3O/c1-17(2)9-4-10-18-13-7-6-12-11(14(13)15)5-3-8-16-12/h3,5-8H,4,9-10,15H2,1-2H3. The van der Waals surface area contributed by atoms with Gasteiger partial charge in [-0.3, -0.25) is 4.98 Å². The molecule has 0 aliphatic carbocycles. The zero-order valence-electron chi connectivity index (χ0n) is 10.9. The van der Waals surface area contributed by atoms with Crippen molar-refractivity contribution in [3.8, 4) is 5.75 Å². The molecule has 1 aromatic heterocycles. The Kier molecular flexibility index (Phi) is 3.99. The Morgan fingerprint density at radius 3 is 2.89 bits per heavy atom. The van der Waals surface area contributed by atoms with Gasteiger partial charge in [0.25, 0.3) is 0 Å². The molecule has 4 heteroatoms. The Labute approximate surface area is 107 Å². The van der Waals surface area contributed by atoms with Gasteiger partial charge in [0.1, 0.15) is 5.75 Å². The number of benzene rings is 1. The molecule has 0 saturated carbocycles. The minimum absolute atomic E-state index is 0.672. The van der Waals surface area contributed by atoms with Gasteiger partial charge in [-0.1, -0.05) is 0 Å². The van der Waals surface area contributed by atoms with Gasteiger partial charge in [-0.25, -0.2) is 0 Å². The summed E-state index contributed by atoms with van der Waals surface area (Å²) in [6, 6.07) is 7.67. The Hall–Kier alpha value is -1.81. The second-order valence-electron chi connectivity index (χ2n) is 4.55. The van der Waals surface area contributed by atoms with Crippen LogP contribution >= 0.6 is 0 Å². The van der Waals surface area contributed by atoms with Gasteiger partial charge in [-0.2, -0.15) is 0 Å². The molecule has 1 aromatic carbocycles. The smallest absolute Gasteiger partial charge is 0.142 e. The number of anilines is 1. The van der Waals surface area contributed by atoms with Crippen molar-refractivity contribution in [3.63, 3.8) is 0 Å². The zero-order valence-corrected chi connectivity index (χ0v) is 10.9. The van der Waals surface area contributed by atoms with Crippen LogP contribution in [0.25, 0.3) is 10.9 Å². The summed E-state index contributed by atoms with van der Waals surface area (Å²) in [4.78, 5) is 6.40. The van der Waals surface area contributed by atoms with E-state index in [-0.39, 0.29) is 0 Å². The molecule has 0 aliphatic heterocycles. The Morgan fingerprint density at radius 1 is 1.28 bits per heavy atom. The highest BCUT2D eigenvalue weighted by atomic mass is 16.5. The number of nitrogens with zero attached hydrogens (tertiary/aromatic N) is 2. The molecule has 0 spiro atoms. The number of hydrogen-bond acceptors (Lipinski definition) is 4. The number of hydrogen-bond donors (Lipinski definition) is 1. The second-order valence-corrected chi connectivity index (χ2v) is 4.55. The van der Waals surface area contributed by atoms with Gasteiger partial charge in [-0.05, 0) is 44.8 Å². The van der Waals surface area contributed by atoms with Crippen LogP contribution < -0.4 is 10.5 Å². The van der Waals surface area contributed by atoms with Gasteiger partial charge in [0, 0.05) is 18.1 Å². The van der Waals surface area contributed by atoms with Crippen molar-refractivity contribution < 1.29 is 4.74 Å². The molecular weight excluding hydrogens is 226 g/mol. The molecule has 2 rings (SSSR count). The van der Waals surface area contributed by atoms with Crippen LogP contribution in [0.1, 0.15) is 6.42 Å². The largest absolute Gasteiger partial charge is 0.491 e. The maximum absolute atomic E-state index is 6.09. The van der Waals surface area contributed by atoms with Crippen molar-refractivity contribution in [3.05, 3.63) is 30.5 Å². The van der Waals surface area contributed by atoms with Crippen LogP contribution in [-0.2, 0) is 0 Å². The molecule has 96 valence electrons. The van der Waals surface area contributed by atoms with Crippen LogP contribution in [0.5, 0.6) is 5.75 Å². The quantitative estimate of drug-likeness (QED) is 0.647. The summed E-state index contributed by atoms with van der Waals surface area (Å²) in [5, 5.41) is 0.947. The van der Waals surface area contributed by atoms with Crippen LogP contribution in [0.4, 0.5) is 5.69 Å². The summed E-state index contributed by atoms with van der Waals surface area (Å²) >= 11 is 0. The molecule has 4 nitrogen and oxygen atoms in total. The maximum Gasteiger partial charge on any atom is 0.142 e. The van der Waals surface area contributed by atoms with Gasteiger partial charge in [0.05, 0.1) is 17.8 Å². The summed E-state index contributed by atoms with van der Waals surface area (Å²) in [7, 11) is 4.10. The molecule has 1 heterocycles. The lowest BCUT2D eigenvalue weighted by molar-refractivity contribution is 0.283. The first-order valence-electron chi connectivity index (χ1n) is 6.09. The number of aromatic nitrogens is 1. The Balaban J connectivity index is 2.07. The van der Waals surface area contributed by atoms with Gasteiger partial charge in [0.15, 0.2) is 0 Å². The SMILES string of the molecule is CN(C)CCCOc1ccc2ncccc2c1N. The van der Waals surface area contributed by atoms with E-state index in [0.717, 1.165) is 29.6 Å². The molecule has 0 saturated heterocycles. The molecule has 0 fully saturated rings. The highest BCUT2D eigenvalue weighted by Gasteiger charge is 2.05. The highest BCUT2D eigenvalue weighted by Crippen LogP contribution is 2.29. The lowest BCUT2D eigenvalue weighted by atomic mass is 10.1. The van der Waals surface area contributed by atoms with Crippen LogP contribution in [0.3, 0.4) is 0 Å². The fourth-order valence-electron chi connectivity index (χ4n) is 1.84. The zero-order chi connectivity index (χ0) is 13.0. The molecular formula is C14H19N3O. The number of nitrogen functional groups attached to an aromatic ring is 1. The fourth-order valence-corrected chi connectivity index (χ4v) is 1.84. The first-order valence-corrected chi connectivity index (χ1v) is 6.09. The van der Waals surface area contributed by atoms with Gasteiger partial charge >= 0.3 is 0 Å². The van der Waals surface area contributed by atoms with E-state index in [1.807, 2.05) is 24.3 Å². The molecule has 0 amide bonds. The number of pyridine rings is 1. The fraction of sp³-hybridized carbons (Fsp3) is 0.357. The van der Waals surface area contributed by atoms with E-state index in [4.69, 9.17) is 10.5 Å². The predicted molar refractivity (Wildman–Crippen MR) is 74.8 cm³/mol. The normalized spacial score (nSPS) is 11.1. The average molecular weight is 245 g/mol. The average Bonchev–Trinajstić information content (AvgIpc) is 2.37. The van der Waals surface area contributed by atoms with Crippen molar-refractivity contribution in [2.24, 2.45) is 0 Å². The molecule has 0 aliphatic rings. The summed E-state index contributed by atoms with van der Waals surface area (Å²) in [6.45, 7) is 1.68. The molecule has 18 heavy (non-hydrogen) atoms. The van der Waals surface area contributed by atoms with E-state index in [2.05, 4.69) is 24.0 Å². The van der Waals surface area contributed by atoms with E-state index in [1.165, 1.54) is 0 Å². The van der Waals surface area contributed by atoms with E-state index in [9.17, 15) is 0 Å². The van der Waals surface area contributed by atoms with Crippen molar-refractivity contribution in [1.29, 1.82) is 0 Å². The van der Waals surface area contributed by atoms with Gasteiger partial charge < -0.3 is 15.4 Å². The Morgan fingerprint density at radius 2 is 2.11 bits per heavy atom. The van der Waals surface area contributed by atoms with Crippen molar-refractivity contribution in [1.82, 2.24) is 9.88 Å². The lowest BCUT2D eigenvalue weighted by Gasteiger charge is -2.12. The minimum Gasteiger partial charge on any atom is -0.491 e. The van der Waals surface area contributed by atoms with Gasteiger partial charge in [-0.15, -0.1) is 0 Å². The topological polar surface area (TPSA) is 51.4 Å². The van der Waals surface area contributed by atoms with Crippen LogP contribution in [0.2, 0.25) is 0 Å². The van der Waals surface area contributed by atoms with Crippen molar-refractivity contribution >= 4 is 16.6 Å². The molecule has 0 radical (unpaired) electrons. The number of ether oxygens (including phenoxy) is 1. The predicted octanol–water partition coefficient (Wildman–Crippen LogP) is 2.15. The summed E-state index contributed by atoms with van der Waals surface area (Å²) in [5.41, 5.74) is 7.66. The molecule has 0 bridgehead atoms. The third-order valence-corrected chi connectivity index (χ3v) is 2.79. The highest BCUT2D eigenvalue weighted by molar-refractivity contribution is 5.93. The molecule has 0 atom stereocenters. The monoisotopic (exact) mass is 245 g/mol. The molecule has 2 aromatic rings. The molecule has 0 unspecified atom stereocenters. The number of nitrogens with two attached hydrogens (primary N) is 1. The van der Waals surface area contributed by atoms with Gasteiger partial charge in [0.2, 0.25) is 0 Å². The Bertz CT molecular complexity index is 525. The van der Waals surface area contributed by atoms with Crippen molar-refractivity contribution in [2.75, 3.05) is 33.0 Å². The summed E-state index contributed by atoms with van der Waals surface area (Å²) in [5.74, 6) is 0.745. The first-order chi connectivity index (χ1) is 8.68. The van der Waals surface area contributed by atoms with Crippen molar-refractivity contribution in [2.45, 2.75) is 6.42 Å². The van der Waals surface area contributed by atoms with Crippen LogP contribution in [0.15, 0.2) is 30.5 Å². The van der Waals surface area contributed by atoms with E-state index in [0.29, 0.717) is 12.3 Å². The lowest BCUT2D eigenvalue weighted by Crippen LogP contribution is -2.15. The third kappa shape index (κ3) is 2.90. The summed E-state index contributed by atoms with van der Waals surface area (Å²) in [6.07, 6.45) is 2.75. The van der Waals surface area contributed by atoms with E-state index < -0.39 is 0 Å². The summed E-state index contributed by atoms with van der Waals surface area (Å²) < 4.78 is 5.72. The number of rotatable bonds is 5. The van der Waals surface area contributed by atoms with E-state index in [1.54, 1.807) is 6.20 Å². The van der Waals surface area contributed by atoms with E-state index >= 15 is 0 Å². The minimum atomic E-state index is 0.672. The van der Waals surface area contributed by atoms with Crippen LogP contribution in [-0.4, -0.2) is 37.1 Å². The first kappa shape index (κ1) is 12.6. The molecule has 2 N–H and O–H groups in total.